The zero-order chi connectivity index (χ0) is 26.6. The Kier molecular flexibility index (Phi) is 5.66. The lowest BCUT2D eigenvalue weighted by Gasteiger charge is -2.50. The van der Waals surface area contributed by atoms with Gasteiger partial charge in [-0.05, 0) is 60.9 Å². The van der Waals surface area contributed by atoms with E-state index in [1.807, 2.05) is 26.0 Å². The molecule has 10 heteroatoms. The smallest absolute Gasteiger partial charge is 0.282 e. The number of carbonyl (C=O) groups is 3. The van der Waals surface area contributed by atoms with Crippen LogP contribution in [0.15, 0.2) is 54.6 Å². The molecule has 2 aliphatic heterocycles. The highest BCUT2D eigenvalue weighted by Gasteiger charge is 2.58. The van der Waals surface area contributed by atoms with Gasteiger partial charge in [-0.3, -0.25) is 29.4 Å². The van der Waals surface area contributed by atoms with Crippen molar-refractivity contribution in [2.24, 2.45) is 0 Å². The summed E-state index contributed by atoms with van der Waals surface area (Å²) in [6.07, 6.45) is 0. The van der Waals surface area contributed by atoms with E-state index in [0.29, 0.717) is 22.7 Å². The first-order valence-corrected chi connectivity index (χ1v) is 11.5. The van der Waals surface area contributed by atoms with Gasteiger partial charge in [0.25, 0.3) is 23.4 Å². The molecular formula is C27H23N3O7. The molecule has 2 atom stereocenters. The van der Waals surface area contributed by atoms with E-state index in [0.717, 1.165) is 16.0 Å². The number of hydrogen-bond donors (Lipinski definition) is 0. The van der Waals surface area contributed by atoms with E-state index in [2.05, 4.69) is 0 Å². The van der Waals surface area contributed by atoms with E-state index in [1.54, 1.807) is 24.3 Å². The summed E-state index contributed by atoms with van der Waals surface area (Å²) >= 11 is 0. The first-order chi connectivity index (χ1) is 17.7. The molecule has 37 heavy (non-hydrogen) atoms. The van der Waals surface area contributed by atoms with Gasteiger partial charge in [0.2, 0.25) is 0 Å². The van der Waals surface area contributed by atoms with Crippen LogP contribution in [0.4, 0.5) is 11.4 Å². The van der Waals surface area contributed by atoms with Crippen molar-refractivity contribution in [3.05, 3.63) is 92.5 Å². The summed E-state index contributed by atoms with van der Waals surface area (Å²) in [5.74, 6) is -1.19. The van der Waals surface area contributed by atoms with Gasteiger partial charge < -0.3 is 14.4 Å². The van der Waals surface area contributed by atoms with Crippen molar-refractivity contribution < 1.29 is 28.8 Å². The number of hydrogen-bond acceptors (Lipinski definition) is 7. The van der Waals surface area contributed by atoms with Crippen LogP contribution in [0.3, 0.4) is 0 Å². The molecule has 188 valence electrons. The third-order valence-corrected chi connectivity index (χ3v) is 6.98. The lowest BCUT2D eigenvalue weighted by atomic mass is 9.85. The molecule has 3 amide bonds. The van der Waals surface area contributed by atoms with Crippen LogP contribution in [0.2, 0.25) is 0 Å². The number of nitro benzene ring substituents is 1. The average Bonchev–Trinajstić information content (AvgIpc) is 3.14. The summed E-state index contributed by atoms with van der Waals surface area (Å²) in [6.45, 7) is 3.88. The quantitative estimate of drug-likeness (QED) is 0.217. The topological polar surface area (TPSA) is 119 Å². The number of imide groups is 1. The van der Waals surface area contributed by atoms with Crippen LogP contribution < -0.4 is 14.4 Å². The van der Waals surface area contributed by atoms with Gasteiger partial charge in [-0.1, -0.05) is 18.2 Å². The molecule has 0 unspecified atom stereocenters. The van der Waals surface area contributed by atoms with Crippen molar-refractivity contribution >= 4 is 29.1 Å². The molecule has 1 fully saturated rings. The van der Waals surface area contributed by atoms with Crippen molar-refractivity contribution in [2.75, 3.05) is 19.1 Å². The molecule has 1 saturated heterocycles. The first-order valence-electron chi connectivity index (χ1n) is 11.5. The summed E-state index contributed by atoms with van der Waals surface area (Å²) in [7, 11) is 2.98. The van der Waals surface area contributed by atoms with E-state index in [-0.39, 0.29) is 11.1 Å². The molecule has 0 N–H and O–H groups in total. The minimum absolute atomic E-state index is 0.0947. The van der Waals surface area contributed by atoms with Crippen molar-refractivity contribution in [3.63, 3.8) is 0 Å². The molecule has 0 aromatic heterocycles. The summed E-state index contributed by atoms with van der Waals surface area (Å²) in [6, 6.07) is 12.6. The lowest BCUT2D eigenvalue weighted by Crippen LogP contribution is -2.67. The minimum atomic E-state index is -1.20. The fraction of sp³-hybridized carbons (Fsp3) is 0.222. The molecule has 0 saturated carbocycles. The minimum Gasteiger partial charge on any atom is -0.493 e. The number of nitro groups is 1. The number of benzene rings is 3. The molecule has 0 spiro atoms. The van der Waals surface area contributed by atoms with Gasteiger partial charge in [-0.15, -0.1) is 0 Å². The average molecular weight is 501 g/mol. The van der Waals surface area contributed by atoms with Crippen molar-refractivity contribution in [1.29, 1.82) is 0 Å². The summed E-state index contributed by atoms with van der Waals surface area (Å²) in [4.78, 5) is 53.7. The fourth-order valence-electron chi connectivity index (χ4n) is 4.95. The summed E-state index contributed by atoms with van der Waals surface area (Å²) in [5.41, 5.74) is 2.35. The SMILES string of the molecule is COc1ccc([C@@H]2[C@@H](N3C(=O)c4cccc([N+](=O)[O-])c4C3=O)C(=O)N2c2ccc(C)c(C)c2)cc1OC. The number of fused-ring (bicyclic) bond motifs is 1. The number of β-lactam (4-membered cyclic amide) rings is 1. The zero-order valence-corrected chi connectivity index (χ0v) is 20.6. The highest BCUT2D eigenvalue weighted by molar-refractivity contribution is 6.26. The Bertz CT molecular complexity index is 1500. The van der Waals surface area contributed by atoms with E-state index in [1.165, 1.54) is 37.3 Å². The fourth-order valence-corrected chi connectivity index (χ4v) is 4.95. The van der Waals surface area contributed by atoms with Gasteiger partial charge in [-0.25, -0.2) is 0 Å². The third kappa shape index (κ3) is 3.52. The Hall–Kier alpha value is -4.73. The molecule has 3 aromatic carbocycles. The molecule has 0 bridgehead atoms. The predicted molar refractivity (Wildman–Crippen MR) is 133 cm³/mol. The highest BCUT2D eigenvalue weighted by atomic mass is 16.6. The van der Waals surface area contributed by atoms with Crippen molar-refractivity contribution in [1.82, 2.24) is 4.90 Å². The summed E-state index contributed by atoms with van der Waals surface area (Å²) in [5, 5.41) is 11.6. The Morgan fingerprint density at radius 3 is 2.19 bits per heavy atom. The highest BCUT2D eigenvalue weighted by Crippen LogP contribution is 2.46. The largest absolute Gasteiger partial charge is 0.493 e. The number of nitrogens with zero attached hydrogens (tertiary/aromatic N) is 3. The molecule has 10 nitrogen and oxygen atoms in total. The van der Waals surface area contributed by atoms with Gasteiger partial charge in [0.15, 0.2) is 11.5 Å². The van der Waals surface area contributed by atoms with E-state index in [4.69, 9.17) is 9.47 Å². The van der Waals surface area contributed by atoms with Gasteiger partial charge in [0.1, 0.15) is 11.6 Å². The number of carbonyl (C=O) groups excluding carboxylic acids is 3. The second-order valence-corrected chi connectivity index (χ2v) is 8.92. The second-order valence-electron chi connectivity index (χ2n) is 8.92. The lowest BCUT2D eigenvalue weighted by molar-refractivity contribution is -0.385. The van der Waals surface area contributed by atoms with Gasteiger partial charge >= 0.3 is 0 Å². The number of amides is 3. The number of anilines is 1. The molecule has 3 aromatic rings. The molecule has 2 aliphatic rings. The van der Waals surface area contributed by atoms with Crippen LogP contribution in [0, 0.1) is 24.0 Å². The number of methoxy groups -OCH3 is 2. The maximum Gasteiger partial charge on any atom is 0.282 e. The van der Waals surface area contributed by atoms with E-state index >= 15 is 0 Å². The maximum atomic E-state index is 13.7. The standard InChI is InChI=1S/C27H23N3O7/c1-14-8-10-17(12-15(14)2)28-23(16-9-11-20(36-3)21(13-16)37-4)24(27(28)33)29-25(31)18-6-5-7-19(30(34)35)22(18)26(29)32/h5-13,23-24H,1-4H3/t23-,24-/m1/s1. The Morgan fingerprint density at radius 1 is 0.811 bits per heavy atom. The van der Waals surface area contributed by atoms with Gasteiger partial charge in [0.05, 0.1) is 30.7 Å². The Labute approximate surface area is 212 Å². The van der Waals surface area contributed by atoms with Crippen molar-refractivity contribution in [2.45, 2.75) is 25.9 Å². The second kappa shape index (κ2) is 8.74. The monoisotopic (exact) mass is 501 g/mol. The Balaban J connectivity index is 1.64. The molecule has 0 radical (unpaired) electrons. The third-order valence-electron chi connectivity index (χ3n) is 6.98. The molecular weight excluding hydrogens is 478 g/mol. The predicted octanol–water partition coefficient (Wildman–Crippen LogP) is 3.98. The van der Waals surface area contributed by atoms with Crippen LogP contribution in [0.1, 0.15) is 43.4 Å². The normalized spacial score (nSPS) is 18.5. The molecule has 0 aliphatic carbocycles. The van der Waals surface area contributed by atoms with E-state index < -0.39 is 40.4 Å². The Morgan fingerprint density at radius 2 is 1.54 bits per heavy atom. The van der Waals surface area contributed by atoms with Gasteiger partial charge in [-0.2, -0.15) is 0 Å². The first kappa shape index (κ1) is 24.0. The number of ether oxygens (including phenoxy) is 2. The van der Waals surface area contributed by atoms with Crippen LogP contribution in [0.25, 0.3) is 0 Å². The van der Waals surface area contributed by atoms with Crippen LogP contribution >= 0.6 is 0 Å². The molecule has 2 heterocycles. The molecule has 5 rings (SSSR count). The van der Waals surface area contributed by atoms with Crippen LogP contribution in [0.5, 0.6) is 11.5 Å². The van der Waals surface area contributed by atoms with Crippen LogP contribution in [-0.4, -0.2) is 47.8 Å². The van der Waals surface area contributed by atoms with Gasteiger partial charge in [0, 0.05) is 11.8 Å². The van der Waals surface area contributed by atoms with Crippen LogP contribution in [-0.2, 0) is 4.79 Å². The van der Waals surface area contributed by atoms with E-state index in [9.17, 15) is 24.5 Å². The van der Waals surface area contributed by atoms with Crippen molar-refractivity contribution in [3.8, 4) is 11.5 Å². The number of rotatable bonds is 6. The summed E-state index contributed by atoms with van der Waals surface area (Å²) < 4.78 is 10.8. The maximum absolute atomic E-state index is 13.7. The number of aryl methyl sites for hydroxylation is 2. The zero-order valence-electron chi connectivity index (χ0n) is 20.6.